The van der Waals surface area contributed by atoms with Crippen LogP contribution in [0.4, 0.5) is 28.1 Å². The first-order valence-corrected chi connectivity index (χ1v) is 9.24. The number of methoxy groups -OCH3 is 1. The third-order valence-corrected chi connectivity index (χ3v) is 4.86. The van der Waals surface area contributed by atoms with Crippen LogP contribution in [0, 0.1) is 10.1 Å². The lowest BCUT2D eigenvalue weighted by Crippen LogP contribution is -2.13. The number of para-hydroxylation sites is 1. The highest BCUT2D eigenvalue weighted by atomic mass is 32.1. The molecule has 0 amide bonds. The highest BCUT2D eigenvalue weighted by Gasteiger charge is 2.24. The van der Waals surface area contributed by atoms with Crippen molar-refractivity contribution < 1.29 is 9.66 Å². The topological polar surface area (TPSA) is 127 Å². The van der Waals surface area contributed by atoms with Crippen molar-refractivity contribution in [1.82, 2.24) is 15.0 Å². The van der Waals surface area contributed by atoms with Crippen LogP contribution < -0.4 is 20.9 Å². The Morgan fingerprint density at radius 1 is 1.07 bits per heavy atom. The van der Waals surface area contributed by atoms with Crippen molar-refractivity contribution in [1.29, 1.82) is 0 Å². The van der Waals surface area contributed by atoms with Gasteiger partial charge in [0.2, 0.25) is 11.6 Å². The predicted octanol–water partition coefficient (Wildman–Crippen LogP) is 4.19. The number of benzene rings is 2. The lowest BCUT2D eigenvalue weighted by molar-refractivity contribution is -0.383. The molecule has 0 saturated heterocycles. The number of ether oxygens (including phenoxy) is 1. The van der Waals surface area contributed by atoms with Gasteiger partial charge in [0.1, 0.15) is 12.1 Å². The normalized spacial score (nSPS) is 10.5. The molecule has 2 aromatic heterocycles. The van der Waals surface area contributed by atoms with Crippen LogP contribution in [-0.4, -0.2) is 27.0 Å². The van der Waals surface area contributed by atoms with E-state index in [4.69, 9.17) is 4.74 Å². The Bertz CT molecular complexity index is 1170. The number of nitro groups is 1. The van der Waals surface area contributed by atoms with E-state index >= 15 is 0 Å². The average Bonchev–Trinajstić information content (AvgIpc) is 3.14. The van der Waals surface area contributed by atoms with E-state index in [9.17, 15) is 10.1 Å². The predicted molar refractivity (Wildman–Crippen MR) is 112 cm³/mol. The maximum atomic E-state index is 11.7. The van der Waals surface area contributed by atoms with Crippen molar-refractivity contribution in [3.8, 4) is 5.75 Å². The van der Waals surface area contributed by atoms with Crippen LogP contribution in [0.3, 0.4) is 0 Å². The van der Waals surface area contributed by atoms with Crippen molar-refractivity contribution in [2.75, 3.05) is 23.3 Å². The minimum Gasteiger partial charge on any atom is -0.497 e. The molecule has 146 valence electrons. The molecule has 0 aliphatic rings. The first kappa shape index (κ1) is 18.4. The van der Waals surface area contributed by atoms with E-state index in [1.54, 1.807) is 13.2 Å². The summed E-state index contributed by atoms with van der Waals surface area (Å²) in [6.07, 6.45) is 1.24. The molecule has 11 heteroatoms. The minimum atomic E-state index is -0.548. The smallest absolute Gasteiger partial charge is 0.355 e. The molecule has 0 aliphatic heterocycles. The maximum Gasteiger partial charge on any atom is 0.355 e. The van der Waals surface area contributed by atoms with E-state index in [-0.39, 0.29) is 17.3 Å². The van der Waals surface area contributed by atoms with E-state index in [1.807, 2.05) is 42.5 Å². The number of aromatic nitrogens is 3. The average molecular weight is 409 g/mol. The molecule has 0 radical (unpaired) electrons. The number of anilines is 4. The summed E-state index contributed by atoms with van der Waals surface area (Å²) in [4.78, 5) is 23.6. The SMILES string of the molecule is COc1ccc2nc(Nc3ncnc(NNc4ccccc4)c3[N+](=O)[O-])sc2c1. The minimum absolute atomic E-state index is 0.0270. The van der Waals surface area contributed by atoms with Crippen LogP contribution in [0.5, 0.6) is 5.75 Å². The van der Waals surface area contributed by atoms with Gasteiger partial charge in [-0.05, 0) is 30.3 Å². The van der Waals surface area contributed by atoms with Crippen molar-refractivity contribution in [3.05, 3.63) is 65.0 Å². The molecule has 0 atom stereocenters. The Balaban J connectivity index is 1.62. The zero-order chi connectivity index (χ0) is 20.2. The molecule has 0 saturated carbocycles. The zero-order valence-corrected chi connectivity index (χ0v) is 15.9. The van der Waals surface area contributed by atoms with Crippen LogP contribution in [0.2, 0.25) is 0 Å². The standard InChI is InChI=1S/C18H15N7O3S/c1-28-12-7-8-13-14(9-12)29-18(21-13)22-16-15(25(26)27)17(20-10-19-16)24-23-11-5-3-2-4-6-11/h2-10,23H,1H3,(H2,19,20,21,22,24). The quantitative estimate of drug-likeness (QED) is 0.304. The van der Waals surface area contributed by atoms with Gasteiger partial charge in [-0.1, -0.05) is 29.5 Å². The van der Waals surface area contributed by atoms with Gasteiger partial charge >= 0.3 is 5.69 Å². The molecule has 10 nitrogen and oxygen atoms in total. The molecule has 4 aromatic rings. The Kier molecular flexibility index (Phi) is 5.03. The monoisotopic (exact) mass is 409 g/mol. The van der Waals surface area contributed by atoms with Gasteiger partial charge in [-0.3, -0.25) is 21.0 Å². The summed E-state index contributed by atoms with van der Waals surface area (Å²) in [5.41, 5.74) is 6.83. The van der Waals surface area contributed by atoms with Gasteiger partial charge in [-0.25, -0.2) is 15.0 Å². The second kappa shape index (κ2) is 7.94. The fraction of sp³-hybridized carbons (Fsp3) is 0.0556. The molecular weight excluding hydrogens is 394 g/mol. The number of hydrogen-bond acceptors (Lipinski definition) is 10. The number of hydrazine groups is 1. The molecule has 0 fully saturated rings. The van der Waals surface area contributed by atoms with Crippen molar-refractivity contribution in [2.45, 2.75) is 0 Å². The summed E-state index contributed by atoms with van der Waals surface area (Å²) in [5, 5.41) is 15.1. The molecule has 0 bridgehead atoms. The van der Waals surface area contributed by atoms with Crippen LogP contribution in [-0.2, 0) is 0 Å². The van der Waals surface area contributed by atoms with Crippen LogP contribution in [0.15, 0.2) is 54.9 Å². The van der Waals surface area contributed by atoms with Crippen LogP contribution in [0.25, 0.3) is 10.2 Å². The Hall–Kier alpha value is -3.99. The molecule has 3 N–H and O–H groups in total. The Morgan fingerprint density at radius 3 is 2.62 bits per heavy atom. The largest absolute Gasteiger partial charge is 0.497 e. The van der Waals surface area contributed by atoms with Gasteiger partial charge in [-0.15, -0.1) is 0 Å². The molecular formula is C18H15N7O3S. The van der Waals surface area contributed by atoms with E-state index < -0.39 is 4.92 Å². The van der Waals surface area contributed by atoms with Crippen LogP contribution >= 0.6 is 11.3 Å². The first-order valence-electron chi connectivity index (χ1n) is 8.42. The molecule has 4 rings (SSSR count). The van der Waals surface area contributed by atoms with Gasteiger partial charge in [0, 0.05) is 0 Å². The highest BCUT2D eigenvalue weighted by Crippen LogP contribution is 2.35. The summed E-state index contributed by atoms with van der Waals surface area (Å²) in [5.74, 6) is 0.770. The maximum absolute atomic E-state index is 11.7. The number of thiazole rings is 1. The molecule has 2 heterocycles. The molecule has 0 aliphatic carbocycles. The van der Waals surface area contributed by atoms with Crippen molar-refractivity contribution in [3.63, 3.8) is 0 Å². The summed E-state index contributed by atoms with van der Waals surface area (Å²) in [6.45, 7) is 0. The van der Waals surface area contributed by atoms with Gasteiger partial charge in [0.15, 0.2) is 5.13 Å². The number of rotatable bonds is 7. The summed E-state index contributed by atoms with van der Waals surface area (Å²) >= 11 is 1.34. The van der Waals surface area contributed by atoms with Crippen molar-refractivity contribution in [2.24, 2.45) is 0 Å². The second-order valence-corrected chi connectivity index (χ2v) is 6.80. The fourth-order valence-electron chi connectivity index (χ4n) is 2.57. The number of nitrogens with zero attached hydrogens (tertiary/aromatic N) is 4. The Labute approximate surface area is 168 Å². The second-order valence-electron chi connectivity index (χ2n) is 5.77. The van der Waals surface area contributed by atoms with E-state index in [2.05, 4.69) is 31.1 Å². The number of fused-ring (bicyclic) bond motifs is 1. The van der Waals surface area contributed by atoms with E-state index in [1.165, 1.54) is 17.7 Å². The van der Waals surface area contributed by atoms with Gasteiger partial charge in [0.25, 0.3) is 0 Å². The number of nitrogens with one attached hydrogen (secondary N) is 3. The molecule has 29 heavy (non-hydrogen) atoms. The van der Waals surface area contributed by atoms with Gasteiger partial charge in [-0.2, -0.15) is 0 Å². The molecule has 2 aromatic carbocycles. The summed E-state index contributed by atoms with van der Waals surface area (Å²) in [7, 11) is 1.59. The summed E-state index contributed by atoms with van der Waals surface area (Å²) < 4.78 is 6.09. The third-order valence-electron chi connectivity index (χ3n) is 3.92. The van der Waals surface area contributed by atoms with Gasteiger partial charge in [0.05, 0.1) is 27.9 Å². The fourth-order valence-corrected chi connectivity index (χ4v) is 3.47. The lowest BCUT2D eigenvalue weighted by atomic mass is 10.3. The summed E-state index contributed by atoms with van der Waals surface area (Å²) in [6, 6.07) is 14.7. The van der Waals surface area contributed by atoms with Crippen LogP contribution in [0.1, 0.15) is 0 Å². The lowest BCUT2D eigenvalue weighted by Gasteiger charge is -2.10. The van der Waals surface area contributed by atoms with Crippen molar-refractivity contribution >= 4 is 49.7 Å². The third kappa shape index (κ3) is 3.99. The molecule has 0 spiro atoms. The van der Waals surface area contributed by atoms with E-state index in [0.717, 1.165) is 15.9 Å². The zero-order valence-electron chi connectivity index (χ0n) is 15.1. The van der Waals surface area contributed by atoms with Gasteiger partial charge < -0.3 is 10.1 Å². The number of hydrogen-bond donors (Lipinski definition) is 3. The molecule has 0 unspecified atom stereocenters. The highest BCUT2D eigenvalue weighted by molar-refractivity contribution is 7.22. The Morgan fingerprint density at radius 2 is 1.86 bits per heavy atom. The van der Waals surface area contributed by atoms with E-state index in [0.29, 0.717) is 10.9 Å². The first-order chi connectivity index (χ1) is 14.1.